The summed E-state index contributed by atoms with van der Waals surface area (Å²) in [6.45, 7) is 6.64. The lowest BCUT2D eigenvalue weighted by Crippen LogP contribution is -2.30. The van der Waals surface area contributed by atoms with E-state index in [0.717, 1.165) is 11.1 Å². The third-order valence-electron chi connectivity index (χ3n) is 4.57. The van der Waals surface area contributed by atoms with Crippen LogP contribution in [0.2, 0.25) is 0 Å². The minimum atomic E-state index is -0.488. The molecule has 0 aliphatic rings. The highest BCUT2D eigenvalue weighted by Crippen LogP contribution is 2.30. The van der Waals surface area contributed by atoms with Crippen molar-refractivity contribution < 1.29 is 19.2 Å². The van der Waals surface area contributed by atoms with E-state index in [9.17, 15) is 14.9 Å². The number of nitrogens with one attached hydrogen (secondary N) is 1. The van der Waals surface area contributed by atoms with E-state index in [1.807, 2.05) is 36.9 Å². The third kappa shape index (κ3) is 5.68. The van der Waals surface area contributed by atoms with Gasteiger partial charge in [0.05, 0.1) is 25.2 Å². The fourth-order valence-electron chi connectivity index (χ4n) is 2.99. The molecule has 1 N–H and O–H groups in total. The smallest absolute Gasteiger partial charge is 0.293 e. The van der Waals surface area contributed by atoms with Crippen LogP contribution in [0.15, 0.2) is 30.3 Å². The number of likely N-dealkylation sites (N-methyl/N-ethyl adjacent to an activating group) is 1. The van der Waals surface area contributed by atoms with Crippen molar-refractivity contribution in [2.75, 3.05) is 32.6 Å². The molecule has 0 radical (unpaired) electrons. The van der Waals surface area contributed by atoms with Gasteiger partial charge in [0.25, 0.3) is 5.69 Å². The van der Waals surface area contributed by atoms with Crippen molar-refractivity contribution in [1.82, 2.24) is 4.90 Å². The molecule has 1 amide bonds. The van der Waals surface area contributed by atoms with Gasteiger partial charge in [-0.25, -0.2) is 0 Å². The number of aryl methyl sites for hydroxylation is 1. The van der Waals surface area contributed by atoms with Gasteiger partial charge >= 0.3 is 0 Å². The average Bonchev–Trinajstić information content (AvgIpc) is 2.66. The van der Waals surface area contributed by atoms with Gasteiger partial charge in [-0.15, -0.1) is 0 Å². The van der Waals surface area contributed by atoms with Gasteiger partial charge in [-0.3, -0.25) is 19.8 Å². The summed E-state index contributed by atoms with van der Waals surface area (Å²) < 4.78 is 10.9. The number of nitro benzene ring substituents is 1. The minimum absolute atomic E-state index is 0.0834. The summed E-state index contributed by atoms with van der Waals surface area (Å²) in [7, 11) is 3.38. The zero-order chi connectivity index (χ0) is 21.6. The molecule has 29 heavy (non-hydrogen) atoms. The van der Waals surface area contributed by atoms with Crippen molar-refractivity contribution in [1.29, 1.82) is 0 Å². The van der Waals surface area contributed by atoms with Crippen LogP contribution in [-0.4, -0.2) is 43.0 Å². The van der Waals surface area contributed by atoms with Crippen LogP contribution < -0.4 is 14.8 Å². The van der Waals surface area contributed by atoms with Crippen molar-refractivity contribution >= 4 is 17.3 Å². The lowest BCUT2D eigenvalue weighted by atomic mass is 10.1. The summed E-state index contributed by atoms with van der Waals surface area (Å²) in [5.74, 6) is 0.983. The standard InChI is InChI=1S/C21H27N3O5/c1-6-29-18-10-8-16(11-19(18)28-5)12-23(4)13-20(25)22-21-15(3)14(2)7-9-17(21)24(26)27/h7-11H,6,12-13H2,1-5H3,(H,22,25). The fraction of sp³-hybridized carbons (Fsp3) is 0.381. The molecule has 0 spiro atoms. The highest BCUT2D eigenvalue weighted by molar-refractivity contribution is 5.95. The number of nitrogens with zero attached hydrogens (tertiary/aromatic N) is 2. The van der Waals surface area contributed by atoms with E-state index in [1.165, 1.54) is 6.07 Å². The Kier molecular flexibility index (Phi) is 7.55. The van der Waals surface area contributed by atoms with Gasteiger partial charge in [0.2, 0.25) is 5.91 Å². The molecule has 0 saturated carbocycles. The molecule has 0 bridgehead atoms. The number of benzene rings is 2. The number of ether oxygens (including phenoxy) is 2. The number of hydrogen-bond acceptors (Lipinski definition) is 6. The summed E-state index contributed by atoms with van der Waals surface area (Å²) in [5.41, 5.74) is 2.65. The lowest BCUT2D eigenvalue weighted by Gasteiger charge is -2.18. The summed E-state index contributed by atoms with van der Waals surface area (Å²) in [6, 6.07) is 8.71. The Morgan fingerprint density at radius 2 is 1.93 bits per heavy atom. The SMILES string of the molecule is CCOc1ccc(CN(C)CC(=O)Nc2c([N+](=O)[O-])ccc(C)c2C)cc1OC. The molecule has 0 fully saturated rings. The van der Waals surface area contributed by atoms with Gasteiger partial charge in [-0.05, 0) is 56.6 Å². The van der Waals surface area contributed by atoms with Crippen LogP contribution in [-0.2, 0) is 11.3 Å². The fourth-order valence-corrected chi connectivity index (χ4v) is 2.99. The normalized spacial score (nSPS) is 10.7. The Balaban J connectivity index is 2.07. The number of hydrogen-bond donors (Lipinski definition) is 1. The summed E-state index contributed by atoms with van der Waals surface area (Å²) in [6.07, 6.45) is 0. The molecular weight excluding hydrogens is 374 g/mol. The Hall–Kier alpha value is -3.13. The quantitative estimate of drug-likeness (QED) is 0.509. The van der Waals surface area contributed by atoms with Gasteiger partial charge < -0.3 is 14.8 Å². The maximum atomic E-state index is 12.5. The Morgan fingerprint density at radius 1 is 1.21 bits per heavy atom. The highest BCUT2D eigenvalue weighted by atomic mass is 16.6. The highest BCUT2D eigenvalue weighted by Gasteiger charge is 2.20. The first kappa shape index (κ1) is 22.2. The topological polar surface area (TPSA) is 93.9 Å². The van der Waals surface area contributed by atoms with Crippen LogP contribution in [0.25, 0.3) is 0 Å². The number of anilines is 1. The Labute approximate surface area is 170 Å². The van der Waals surface area contributed by atoms with Crippen LogP contribution >= 0.6 is 0 Å². The molecule has 0 heterocycles. The zero-order valence-electron chi connectivity index (χ0n) is 17.4. The molecule has 8 heteroatoms. The zero-order valence-corrected chi connectivity index (χ0v) is 17.4. The minimum Gasteiger partial charge on any atom is -0.493 e. The molecule has 2 aromatic carbocycles. The molecule has 2 rings (SSSR count). The van der Waals surface area contributed by atoms with Crippen LogP contribution in [0, 0.1) is 24.0 Å². The number of methoxy groups -OCH3 is 1. The number of amides is 1. The summed E-state index contributed by atoms with van der Waals surface area (Å²) in [4.78, 5) is 25.1. The molecule has 0 unspecified atom stereocenters. The van der Waals surface area contributed by atoms with Gasteiger partial charge in [-0.1, -0.05) is 12.1 Å². The van der Waals surface area contributed by atoms with Crippen LogP contribution in [0.5, 0.6) is 11.5 Å². The molecule has 0 aliphatic heterocycles. The van der Waals surface area contributed by atoms with E-state index in [-0.39, 0.29) is 23.8 Å². The Bertz CT molecular complexity index is 898. The molecule has 2 aromatic rings. The first-order valence-corrected chi connectivity index (χ1v) is 9.29. The van der Waals surface area contributed by atoms with Crippen molar-refractivity contribution in [3.63, 3.8) is 0 Å². The molecule has 0 aromatic heterocycles. The summed E-state index contributed by atoms with van der Waals surface area (Å²) in [5, 5.41) is 14.0. The largest absolute Gasteiger partial charge is 0.493 e. The third-order valence-corrected chi connectivity index (χ3v) is 4.57. The number of carbonyl (C=O) groups is 1. The van der Waals surface area contributed by atoms with Crippen LogP contribution in [0.3, 0.4) is 0 Å². The van der Waals surface area contributed by atoms with E-state index >= 15 is 0 Å². The van der Waals surface area contributed by atoms with E-state index in [2.05, 4.69) is 5.32 Å². The van der Waals surface area contributed by atoms with E-state index < -0.39 is 4.92 Å². The second-order valence-corrected chi connectivity index (χ2v) is 6.80. The number of rotatable bonds is 9. The van der Waals surface area contributed by atoms with Crippen LogP contribution in [0.1, 0.15) is 23.6 Å². The van der Waals surface area contributed by atoms with Gasteiger partial charge in [-0.2, -0.15) is 0 Å². The van der Waals surface area contributed by atoms with Gasteiger partial charge in [0.1, 0.15) is 5.69 Å². The molecule has 0 aliphatic carbocycles. The number of nitro groups is 1. The van der Waals surface area contributed by atoms with Crippen molar-refractivity contribution in [2.45, 2.75) is 27.3 Å². The van der Waals surface area contributed by atoms with E-state index in [1.54, 1.807) is 27.1 Å². The van der Waals surface area contributed by atoms with Crippen molar-refractivity contribution in [3.05, 3.63) is 57.1 Å². The molecule has 0 atom stereocenters. The number of carbonyl (C=O) groups excluding carboxylic acids is 1. The maximum absolute atomic E-state index is 12.5. The van der Waals surface area contributed by atoms with Crippen LogP contribution in [0.4, 0.5) is 11.4 Å². The van der Waals surface area contributed by atoms with E-state index in [4.69, 9.17) is 9.47 Å². The van der Waals surface area contributed by atoms with Crippen molar-refractivity contribution in [2.24, 2.45) is 0 Å². The Morgan fingerprint density at radius 3 is 2.55 bits per heavy atom. The monoisotopic (exact) mass is 401 g/mol. The first-order chi connectivity index (χ1) is 13.8. The maximum Gasteiger partial charge on any atom is 0.293 e. The van der Waals surface area contributed by atoms with E-state index in [0.29, 0.717) is 30.2 Å². The van der Waals surface area contributed by atoms with Gasteiger partial charge in [0.15, 0.2) is 11.5 Å². The second-order valence-electron chi connectivity index (χ2n) is 6.80. The molecule has 156 valence electrons. The van der Waals surface area contributed by atoms with Gasteiger partial charge in [0, 0.05) is 12.6 Å². The first-order valence-electron chi connectivity index (χ1n) is 9.29. The predicted octanol–water partition coefficient (Wildman–Crippen LogP) is 3.69. The summed E-state index contributed by atoms with van der Waals surface area (Å²) >= 11 is 0. The average molecular weight is 401 g/mol. The lowest BCUT2D eigenvalue weighted by molar-refractivity contribution is -0.384. The molecular formula is C21H27N3O5. The van der Waals surface area contributed by atoms with Crippen molar-refractivity contribution in [3.8, 4) is 11.5 Å². The predicted molar refractivity (Wildman–Crippen MR) is 112 cm³/mol. The molecule has 8 nitrogen and oxygen atoms in total. The molecule has 0 saturated heterocycles. The second kappa shape index (κ2) is 9.88.